The molecule has 0 bridgehead atoms. The molecule has 1 spiro atoms. The Hall–Kier alpha value is -1.84. The highest BCUT2D eigenvalue weighted by atomic mass is 32.1. The van der Waals surface area contributed by atoms with Crippen molar-refractivity contribution >= 4 is 11.3 Å². The lowest BCUT2D eigenvalue weighted by molar-refractivity contribution is 0.152. The lowest BCUT2D eigenvalue weighted by atomic mass is 9.73. The normalized spacial score (nSPS) is 19.4. The van der Waals surface area contributed by atoms with Gasteiger partial charge >= 0.3 is 0 Å². The van der Waals surface area contributed by atoms with Crippen LogP contribution >= 0.6 is 11.3 Å². The number of rotatable bonds is 3. The average molecular weight is 349 g/mol. The van der Waals surface area contributed by atoms with Gasteiger partial charge in [0.1, 0.15) is 0 Å². The number of benzene rings is 1. The molecule has 0 atom stereocenters. The molecule has 1 fully saturated rings. The SMILES string of the molecule is c1cc(-c2ccc3c(c2)C2(CC3)CCN(Cc3ccsc3)CC2)co1. The van der Waals surface area contributed by atoms with E-state index in [-0.39, 0.29) is 0 Å². The van der Waals surface area contributed by atoms with E-state index in [0.29, 0.717) is 5.41 Å². The van der Waals surface area contributed by atoms with Gasteiger partial charge in [-0.05, 0) is 89.3 Å². The second kappa shape index (κ2) is 6.15. The third kappa shape index (κ3) is 2.76. The predicted octanol–water partition coefficient (Wildman–Crippen LogP) is 5.49. The smallest absolute Gasteiger partial charge is 0.0980 e. The maximum absolute atomic E-state index is 5.28. The Morgan fingerprint density at radius 1 is 1.04 bits per heavy atom. The summed E-state index contributed by atoms with van der Waals surface area (Å²) in [6.45, 7) is 3.54. The van der Waals surface area contributed by atoms with Gasteiger partial charge < -0.3 is 4.42 Å². The van der Waals surface area contributed by atoms with E-state index in [2.05, 4.69) is 46.0 Å². The summed E-state index contributed by atoms with van der Waals surface area (Å²) in [6, 6.07) is 11.4. The van der Waals surface area contributed by atoms with Gasteiger partial charge in [-0.3, -0.25) is 4.90 Å². The van der Waals surface area contributed by atoms with Crippen LogP contribution in [-0.2, 0) is 18.4 Å². The number of hydrogen-bond acceptors (Lipinski definition) is 3. The average Bonchev–Trinajstić information content (AvgIpc) is 3.39. The lowest BCUT2D eigenvalue weighted by Gasteiger charge is -2.40. The number of furan rings is 1. The number of fused-ring (bicyclic) bond motifs is 2. The molecule has 3 heteroatoms. The van der Waals surface area contributed by atoms with Crippen molar-refractivity contribution in [3.8, 4) is 11.1 Å². The first kappa shape index (κ1) is 15.4. The minimum Gasteiger partial charge on any atom is -0.472 e. The second-order valence-corrected chi connectivity index (χ2v) is 8.35. The molecular formula is C22H23NOS. The van der Waals surface area contributed by atoms with Gasteiger partial charge in [0.05, 0.1) is 12.5 Å². The van der Waals surface area contributed by atoms with Crippen molar-refractivity contribution in [1.82, 2.24) is 4.90 Å². The molecule has 0 radical (unpaired) electrons. The summed E-state index contributed by atoms with van der Waals surface area (Å²) in [5, 5.41) is 4.47. The summed E-state index contributed by atoms with van der Waals surface area (Å²) in [4.78, 5) is 2.63. The Balaban J connectivity index is 1.37. The zero-order valence-electron chi connectivity index (χ0n) is 14.4. The van der Waals surface area contributed by atoms with Gasteiger partial charge in [-0.25, -0.2) is 0 Å². The van der Waals surface area contributed by atoms with Gasteiger partial charge in [-0.15, -0.1) is 0 Å². The van der Waals surface area contributed by atoms with Gasteiger partial charge in [0.2, 0.25) is 0 Å². The highest BCUT2D eigenvalue weighted by molar-refractivity contribution is 7.07. The molecule has 2 nitrogen and oxygen atoms in total. The Morgan fingerprint density at radius 2 is 1.96 bits per heavy atom. The van der Waals surface area contributed by atoms with Crippen molar-refractivity contribution < 1.29 is 4.42 Å². The zero-order chi connectivity index (χ0) is 16.7. The molecule has 2 aliphatic rings. The predicted molar refractivity (Wildman–Crippen MR) is 103 cm³/mol. The topological polar surface area (TPSA) is 16.4 Å². The van der Waals surface area contributed by atoms with Crippen LogP contribution in [0, 0.1) is 0 Å². The van der Waals surface area contributed by atoms with E-state index in [1.807, 2.05) is 6.26 Å². The first-order valence-corrected chi connectivity index (χ1v) is 10.2. The van der Waals surface area contributed by atoms with Crippen molar-refractivity contribution in [3.63, 3.8) is 0 Å². The standard InChI is InChI=1S/C22H23NOS/c1-2-19(20-4-11-24-15-20)13-21-18(1)3-6-22(21)7-9-23(10-8-22)14-17-5-12-25-16-17/h1-2,4-5,11-13,15-16H,3,6-10,14H2. The van der Waals surface area contributed by atoms with E-state index in [4.69, 9.17) is 4.42 Å². The summed E-state index contributed by atoms with van der Waals surface area (Å²) in [7, 11) is 0. The molecule has 0 amide bonds. The molecule has 128 valence electrons. The molecule has 1 aliphatic carbocycles. The first-order valence-electron chi connectivity index (χ1n) is 9.22. The summed E-state index contributed by atoms with van der Waals surface area (Å²) in [5.41, 5.74) is 7.55. The van der Waals surface area contributed by atoms with Crippen LogP contribution in [0.2, 0.25) is 0 Å². The summed E-state index contributed by atoms with van der Waals surface area (Å²) in [5.74, 6) is 0. The maximum atomic E-state index is 5.28. The van der Waals surface area contributed by atoms with Crippen LogP contribution in [0.1, 0.15) is 36.0 Å². The molecule has 2 aromatic heterocycles. The number of likely N-dealkylation sites (tertiary alicyclic amines) is 1. The first-order chi connectivity index (χ1) is 12.3. The number of hydrogen-bond donors (Lipinski definition) is 0. The fourth-order valence-electron chi connectivity index (χ4n) is 4.70. The molecule has 3 heterocycles. The highest BCUT2D eigenvalue weighted by Gasteiger charge is 2.41. The second-order valence-electron chi connectivity index (χ2n) is 7.57. The van der Waals surface area contributed by atoms with Crippen LogP contribution < -0.4 is 0 Å². The Morgan fingerprint density at radius 3 is 2.72 bits per heavy atom. The van der Waals surface area contributed by atoms with E-state index in [0.717, 1.165) is 6.54 Å². The van der Waals surface area contributed by atoms with Crippen molar-refractivity contribution in [1.29, 1.82) is 0 Å². The summed E-state index contributed by atoms with van der Waals surface area (Å²) < 4.78 is 5.28. The number of aryl methyl sites for hydroxylation is 1. The molecule has 1 aliphatic heterocycles. The minimum absolute atomic E-state index is 0.403. The molecule has 0 saturated carbocycles. The Bertz CT molecular complexity index is 842. The number of piperidine rings is 1. The fraction of sp³-hybridized carbons (Fsp3) is 0.364. The number of thiophene rings is 1. The third-order valence-corrected chi connectivity index (χ3v) is 6.94. The van der Waals surface area contributed by atoms with E-state index < -0.39 is 0 Å². The van der Waals surface area contributed by atoms with E-state index >= 15 is 0 Å². The molecule has 0 N–H and O–H groups in total. The monoisotopic (exact) mass is 349 g/mol. The van der Waals surface area contributed by atoms with Gasteiger partial charge in [-0.2, -0.15) is 11.3 Å². The van der Waals surface area contributed by atoms with Crippen LogP contribution in [0.15, 0.2) is 58.0 Å². The van der Waals surface area contributed by atoms with Crippen LogP contribution in [0.5, 0.6) is 0 Å². The fourth-order valence-corrected chi connectivity index (χ4v) is 5.36. The molecule has 1 saturated heterocycles. The van der Waals surface area contributed by atoms with Crippen LogP contribution in [0.3, 0.4) is 0 Å². The Labute approximate surface area is 153 Å². The number of nitrogens with zero attached hydrogens (tertiary/aromatic N) is 1. The summed E-state index contributed by atoms with van der Waals surface area (Å²) >= 11 is 1.80. The largest absolute Gasteiger partial charge is 0.472 e. The van der Waals surface area contributed by atoms with Gasteiger partial charge in [0, 0.05) is 12.1 Å². The van der Waals surface area contributed by atoms with E-state index in [9.17, 15) is 0 Å². The van der Waals surface area contributed by atoms with Crippen molar-refractivity contribution in [2.24, 2.45) is 0 Å². The lowest BCUT2D eigenvalue weighted by Crippen LogP contribution is -2.41. The van der Waals surface area contributed by atoms with Crippen LogP contribution in [0.4, 0.5) is 0 Å². The van der Waals surface area contributed by atoms with Crippen molar-refractivity contribution in [2.75, 3.05) is 13.1 Å². The quantitative estimate of drug-likeness (QED) is 0.622. The maximum Gasteiger partial charge on any atom is 0.0980 e. The van der Waals surface area contributed by atoms with Crippen molar-refractivity contribution in [3.05, 3.63) is 70.3 Å². The molecular weight excluding hydrogens is 326 g/mol. The molecule has 5 rings (SSSR count). The van der Waals surface area contributed by atoms with Crippen LogP contribution in [0.25, 0.3) is 11.1 Å². The van der Waals surface area contributed by atoms with Gasteiger partial charge in [0.25, 0.3) is 0 Å². The van der Waals surface area contributed by atoms with Gasteiger partial charge in [-0.1, -0.05) is 18.2 Å². The molecule has 1 aromatic carbocycles. The third-order valence-electron chi connectivity index (χ3n) is 6.21. The summed E-state index contributed by atoms with van der Waals surface area (Å²) in [6.07, 6.45) is 8.76. The molecule has 3 aromatic rings. The van der Waals surface area contributed by atoms with E-state index in [1.165, 1.54) is 55.5 Å². The van der Waals surface area contributed by atoms with Crippen LogP contribution in [-0.4, -0.2) is 18.0 Å². The molecule has 25 heavy (non-hydrogen) atoms. The molecule has 0 unspecified atom stereocenters. The van der Waals surface area contributed by atoms with Crippen molar-refractivity contribution in [2.45, 2.75) is 37.6 Å². The minimum atomic E-state index is 0.403. The van der Waals surface area contributed by atoms with E-state index in [1.54, 1.807) is 28.7 Å². The zero-order valence-corrected chi connectivity index (χ0v) is 15.2. The highest BCUT2D eigenvalue weighted by Crippen LogP contribution is 2.47. The van der Waals surface area contributed by atoms with Gasteiger partial charge in [0.15, 0.2) is 0 Å². The Kier molecular flexibility index (Phi) is 3.79.